The van der Waals surface area contributed by atoms with Gasteiger partial charge in [0.05, 0.1) is 11.8 Å². The summed E-state index contributed by atoms with van der Waals surface area (Å²) < 4.78 is 5.76. The second-order valence-corrected chi connectivity index (χ2v) is 6.77. The van der Waals surface area contributed by atoms with E-state index in [1.807, 2.05) is 19.1 Å². The first-order chi connectivity index (χ1) is 9.50. The van der Waals surface area contributed by atoms with Crippen LogP contribution < -0.4 is 0 Å². The summed E-state index contributed by atoms with van der Waals surface area (Å²) in [7, 11) is 0. The van der Waals surface area contributed by atoms with Gasteiger partial charge in [-0.2, -0.15) is 0 Å². The third-order valence-electron chi connectivity index (χ3n) is 5.27. The maximum Gasteiger partial charge on any atom is 0.310 e. The van der Waals surface area contributed by atoms with E-state index in [1.165, 1.54) is 6.42 Å². The number of esters is 1. The highest BCUT2D eigenvalue weighted by Gasteiger charge is 2.53. The summed E-state index contributed by atoms with van der Waals surface area (Å²) in [5.41, 5.74) is -0.385. The molecule has 0 radical (unpaired) electrons. The quantitative estimate of drug-likeness (QED) is 0.637. The molecule has 4 atom stereocenters. The standard InChI is InChI=1S/C16H22O4/c1-16(7-3-2-4-8-16)20-15(19)13-11-6-5-10(9-11)12(13)14(17)18/h5-6,10-13H,2-4,7-9H2,1H3,(H,17,18). The van der Waals surface area contributed by atoms with Crippen molar-refractivity contribution < 1.29 is 19.4 Å². The fourth-order valence-electron chi connectivity index (χ4n) is 4.19. The van der Waals surface area contributed by atoms with Gasteiger partial charge in [0.2, 0.25) is 0 Å². The van der Waals surface area contributed by atoms with Crippen LogP contribution in [-0.4, -0.2) is 22.6 Å². The van der Waals surface area contributed by atoms with Crippen LogP contribution in [0.25, 0.3) is 0 Å². The number of carboxylic acid groups (broad SMARTS) is 1. The molecule has 0 heterocycles. The van der Waals surface area contributed by atoms with Crippen LogP contribution in [0.15, 0.2) is 12.2 Å². The van der Waals surface area contributed by atoms with Gasteiger partial charge in [-0.15, -0.1) is 0 Å². The Morgan fingerprint density at radius 1 is 1.10 bits per heavy atom. The highest BCUT2D eigenvalue weighted by Crippen LogP contribution is 2.49. The van der Waals surface area contributed by atoms with Gasteiger partial charge in [0.1, 0.15) is 5.60 Å². The van der Waals surface area contributed by atoms with Crippen molar-refractivity contribution in [1.29, 1.82) is 0 Å². The van der Waals surface area contributed by atoms with Crippen molar-refractivity contribution in [2.45, 2.75) is 51.0 Å². The second-order valence-electron chi connectivity index (χ2n) is 6.77. The Labute approximate surface area is 119 Å². The predicted molar refractivity (Wildman–Crippen MR) is 72.9 cm³/mol. The van der Waals surface area contributed by atoms with E-state index in [1.54, 1.807) is 0 Å². The van der Waals surface area contributed by atoms with Crippen molar-refractivity contribution in [3.05, 3.63) is 12.2 Å². The van der Waals surface area contributed by atoms with E-state index < -0.39 is 17.8 Å². The number of aliphatic carboxylic acids is 1. The number of carbonyl (C=O) groups is 2. The van der Waals surface area contributed by atoms with Crippen LogP contribution in [0.4, 0.5) is 0 Å². The van der Waals surface area contributed by atoms with Gasteiger partial charge in [0.25, 0.3) is 0 Å². The number of rotatable bonds is 3. The molecule has 1 N–H and O–H groups in total. The molecular weight excluding hydrogens is 256 g/mol. The fourth-order valence-corrected chi connectivity index (χ4v) is 4.19. The lowest BCUT2D eigenvalue weighted by atomic mass is 9.82. The first-order valence-electron chi connectivity index (χ1n) is 7.64. The zero-order valence-corrected chi connectivity index (χ0v) is 11.9. The molecule has 0 amide bonds. The van der Waals surface area contributed by atoms with Crippen molar-refractivity contribution in [1.82, 2.24) is 0 Å². The molecule has 3 rings (SSSR count). The number of carbonyl (C=O) groups excluding carboxylic acids is 1. The zero-order chi connectivity index (χ0) is 14.3. The summed E-state index contributed by atoms with van der Waals surface area (Å²) in [5, 5.41) is 9.38. The first kappa shape index (κ1) is 13.7. The van der Waals surface area contributed by atoms with Gasteiger partial charge in [-0.05, 0) is 50.9 Å². The molecule has 3 aliphatic rings. The number of allylic oxidation sites excluding steroid dienone is 2. The first-order valence-corrected chi connectivity index (χ1v) is 7.64. The summed E-state index contributed by atoms with van der Waals surface area (Å²) in [6.07, 6.45) is 9.90. The minimum absolute atomic E-state index is 0.00853. The second kappa shape index (κ2) is 4.90. The van der Waals surface area contributed by atoms with Crippen LogP contribution in [0.2, 0.25) is 0 Å². The van der Waals surface area contributed by atoms with Gasteiger partial charge in [0.15, 0.2) is 0 Å². The van der Waals surface area contributed by atoms with Gasteiger partial charge < -0.3 is 9.84 Å². The number of ether oxygens (including phenoxy) is 1. The molecular formula is C16H22O4. The van der Waals surface area contributed by atoms with Crippen LogP contribution in [0.3, 0.4) is 0 Å². The molecule has 0 aliphatic heterocycles. The number of hydrogen-bond acceptors (Lipinski definition) is 3. The zero-order valence-electron chi connectivity index (χ0n) is 11.9. The van der Waals surface area contributed by atoms with Crippen molar-refractivity contribution in [3.63, 3.8) is 0 Å². The van der Waals surface area contributed by atoms with E-state index in [2.05, 4.69) is 0 Å². The third kappa shape index (κ3) is 2.25. The molecule has 20 heavy (non-hydrogen) atoms. The Morgan fingerprint density at radius 2 is 1.70 bits per heavy atom. The van der Waals surface area contributed by atoms with Crippen molar-refractivity contribution in [2.24, 2.45) is 23.7 Å². The van der Waals surface area contributed by atoms with E-state index >= 15 is 0 Å². The minimum atomic E-state index is -0.863. The molecule has 110 valence electrons. The van der Waals surface area contributed by atoms with Gasteiger partial charge in [-0.1, -0.05) is 18.6 Å². The van der Waals surface area contributed by atoms with Gasteiger partial charge in [-0.3, -0.25) is 9.59 Å². The summed E-state index contributed by atoms with van der Waals surface area (Å²) in [6, 6.07) is 0. The van der Waals surface area contributed by atoms with Crippen LogP contribution >= 0.6 is 0 Å². The van der Waals surface area contributed by atoms with Crippen molar-refractivity contribution in [3.8, 4) is 0 Å². The molecule has 4 heteroatoms. The average Bonchev–Trinajstić information content (AvgIpc) is 2.98. The van der Waals surface area contributed by atoms with Crippen LogP contribution in [0.5, 0.6) is 0 Å². The summed E-state index contributed by atoms with van der Waals surface area (Å²) in [5.74, 6) is -2.17. The van der Waals surface area contributed by atoms with Crippen molar-refractivity contribution >= 4 is 11.9 Å². The van der Waals surface area contributed by atoms with E-state index in [4.69, 9.17) is 4.74 Å². The number of carboxylic acids is 1. The van der Waals surface area contributed by atoms with Gasteiger partial charge >= 0.3 is 11.9 Å². The molecule has 3 aliphatic carbocycles. The Morgan fingerprint density at radius 3 is 2.30 bits per heavy atom. The summed E-state index contributed by atoms with van der Waals surface area (Å²) in [4.78, 5) is 23.9. The van der Waals surface area contributed by atoms with E-state index in [-0.39, 0.29) is 23.4 Å². The van der Waals surface area contributed by atoms with Crippen molar-refractivity contribution in [2.75, 3.05) is 0 Å². The number of fused-ring (bicyclic) bond motifs is 2. The normalized spacial score (nSPS) is 37.9. The number of hydrogen-bond donors (Lipinski definition) is 1. The molecule has 0 spiro atoms. The molecule has 0 aromatic heterocycles. The van der Waals surface area contributed by atoms with Gasteiger partial charge in [-0.25, -0.2) is 0 Å². The molecule has 2 bridgehead atoms. The lowest BCUT2D eigenvalue weighted by Gasteiger charge is -2.35. The van der Waals surface area contributed by atoms with E-state index in [0.29, 0.717) is 0 Å². The Hall–Kier alpha value is -1.32. The minimum Gasteiger partial charge on any atom is -0.481 e. The topological polar surface area (TPSA) is 63.6 Å². The Balaban J connectivity index is 1.73. The van der Waals surface area contributed by atoms with E-state index in [0.717, 1.165) is 32.1 Å². The lowest BCUT2D eigenvalue weighted by molar-refractivity contribution is -0.172. The summed E-state index contributed by atoms with van der Waals surface area (Å²) in [6.45, 7) is 1.99. The highest BCUT2D eigenvalue weighted by atomic mass is 16.6. The maximum atomic E-state index is 12.5. The third-order valence-corrected chi connectivity index (χ3v) is 5.27. The van der Waals surface area contributed by atoms with E-state index in [9.17, 15) is 14.7 Å². The molecule has 0 saturated heterocycles. The molecule has 0 aromatic carbocycles. The maximum absolute atomic E-state index is 12.5. The van der Waals surface area contributed by atoms with Gasteiger partial charge in [0, 0.05) is 0 Å². The Bertz CT molecular complexity index is 447. The molecule has 2 saturated carbocycles. The smallest absolute Gasteiger partial charge is 0.310 e. The monoisotopic (exact) mass is 278 g/mol. The lowest BCUT2D eigenvalue weighted by Crippen LogP contribution is -2.40. The largest absolute Gasteiger partial charge is 0.481 e. The van der Waals surface area contributed by atoms with Crippen LogP contribution in [0.1, 0.15) is 45.4 Å². The predicted octanol–water partition coefficient (Wildman–Crippen LogP) is 2.78. The molecule has 2 fully saturated rings. The average molecular weight is 278 g/mol. The Kier molecular flexibility index (Phi) is 3.35. The molecule has 0 aromatic rings. The van der Waals surface area contributed by atoms with Crippen LogP contribution in [-0.2, 0) is 14.3 Å². The summed E-state index contributed by atoms with van der Waals surface area (Å²) >= 11 is 0. The SMILES string of the molecule is CC1(OC(=O)C2C3C=CC(C3)C2C(=O)O)CCCCC1. The molecule has 4 unspecified atom stereocenters. The highest BCUT2D eigenvalue weighted by molar-refractivity contribution is 5.83. The van der Waals surface area contributed by atoms with Crippen LogP contribution in [0, 0.1) is 23.7 Å². The fraction of sp³-hybridized carbons (Fsp3) is 0.750. The molecule has 4 nitrogen and oxygen atoms in total.